The summed E-state index contributed by atoms with van der Waals surface area (Å²) in [4.78, 5) is 24.7. The summed E-state index contributed by atoms with van der Waals surface area (Å²) in [6.07, 6.45) is 3.80. The van der Waals surface area contributed by atoms with Crippen LogP contribution in [0.1, 0.15) is 26.0 Å². The highest BCUT2D eigenvalue weighted by Crippen LogP contribution is 2.17. The van der Waals surface area contributed by atoms with Crippen LogP contribution in [-0.4, -0.2) is 43.1 Å². The summed E-state index contributed by atoms with van der Waals surface area (Å²) in [6.45, 7) is 6.28. The molecule has 0 aromatic carbocycles. The van der Waals surface area contributed by atoms with Crippen molar-refractivity contribution in [2.75, 3.05) is 11.9 Å². The van der Waals surface area contributed by atoms with Gasteiger partial charge in [-0.2, -0.15) is 9.50 Å². The first-order valence-corrected chi connectivity index (χ1v) is 8.21. The maximum absolute atomic E-state index is 11.8. The number of nitrogens with one attached hydrogen (secondary N) is 2. The maximum Gasteiger partial charge on any atom is 0.254 e. The van der Waals surface area contributed by atoms with E-state index in [0.717, 1.165) is 17.1 Å². The zero-order valence-corrected chi connectivity index (χ0v) is 14.5. The summed E-state index contributed by atoms with van der Waals surface area (Å²) in [5.74, 6) is 1.83. The number of carbonyl (C=O) groups is 1. The first-order valence-electron chi connectivity index (χ1n) is 8.21. The van der Waals surface area contributed by atoms with Crippen LogP contribution in [-0.2, 0) is 4.79 Å². The highest BCUT2D eigenvalue weighted by molar-refractivity contribution is 5.76. The van der Waals surface area contributed by atoms with E-state index >= 15 is 0 Å². The number of pyridine rings is 1. The highest BCUT2D eigenvalue weighted by Gasteiger charge is 2.12. The van der Waals surface area contributed by atoms with E-state index in [-0.39, 0.29) is 11.9 Å². The summed E-state index contributed by atoms with van der Waals surface area (Å²) in [6, 6.07) is 5.76. The average Bonchev–Trinajstić information content (AvgIpc) is 2.99. The van der Waals surface area contributed by atoms with Gasteiger partial charge in [0.15, 0.2) is 5.82 Å². The number of hydrogen-bond donors (Lipinski definition) is 2. The Balaban J connectivity index is 1.80. The first-order chi connectivity index (χ1) is 12.0. The monoisotopic (exact) mass is 339 g/mol. The van der Waals surface area contributed by atoms with Crippen LogP contribution in [0.3, 0.4) is 0 Å². The second-order valence-electron chi connectivity index (χ2n) is 6.07. The zero-order valence-electron chi connectivity index (χ0n) is 14.5. The molecular weight excluding hydrogens is 318 g/mol. The molecule has 0 radical (unpaired) electrons. The maximum atomic E-state index is 11.8. The van der Waals surface area contributed by atoms with Crippen LogP contribution in [0.25, 0.3) is 17.2 Å². The van der Waals surface area contributed by atoms with E-state index in [4.69, 9.17) is 0 Å². The van der Waals surface area contributed by atoms with Crippen molar-refractivity contribution >= 4 is 17.5 Å². The quantitative estimate of drug-likeness (QED) is 0.711. The lowest BCUT2D eigenvalue weighted by molar-refractivity contribution is -0.121. The molecule has 0 spiro atoms. The molecule has 0 saturated heterocycles. The molecule has 8 nitrogen and oxygen atoms in total. The summed E-state index contributed by atoms with van der Waals surface area (Å²) < 4.78 is 1.65. The molecule has 3 heterocycles. The number of amides is 1. The van der Waals surface area contributed by atoms with Crippen LogP contribution >= 0.6 is 0 Å². The number of hydrogen-bond acceptors (Lipinski definition) is 6. The Morgan fingerprint density at radius 3 is 2.88 bits per heavy atom. The lowest BCUT2D eigenvalue weighted by atomic mass is 10.3. The van der Waals surface area contributed by atoms with Gasteiger partial charge in [-0.3, -0.25) is 9.78 Å². The third kappa shape index (κ3) is 4.09. The van der Waals surface area contributed by atoms with E-state index in [2.05, 4.69) is 30.7 Å². The Hall–Kier alpha value is -3.03. The molecule has 3 aromatic rings. The molecule has 0 atom stereocenters. The van der Waals surface area contributed by atoms with Gasteiger partial charge in [-0.05, 0) is 32.9 Å². The van der Waals surface area contributed by atoms with Gasteiger partial charge in [0.2, 0.25) is 5.91 Å². The minimum atomic E-state index is 0.0131. The third-order valence-corrected chi connectivity index (χ3v) is 3.47. The highest BCUT2D eigenvalue weighted by atomic mass is 16.1. The van der Waals surface area contributed by atoms with Crippen molar-refractivity contribution in [3.63, 3.8) is 0 Å². The fourth-order valence-electron chi connectivity index (χ4n) is 2.43. The Bertz CT molecular complexity index is 873. The van der Waals surface area contributed by atoms with Crippen molar-refractivity contribution in [2.24, 2.45) is 0 Å². The molecule has 0 bridgehead atoms. The van der Waals surface area contributed by atoms with Gasteiger partial charge in [-0.25, -0.2) is 4.98 Å². The smallest absolute Gasteiger partial charge is 0.254 e. The summed E-state index contributed by atoms with van der Waals surface area (Å²) in [5.41, 5.74) is 1.65. The molecule has 0 saturated carbocycles. The largest absolute Gasteiger partial charge is 0.369 e. The van der Waals surface area contributed by atoms with E-state index in [9.17, 15) is 4.79 Å². The van der Waals surface area contributed by atoms with E-state index < -0.39 is 0 Å². The SMILES string of the molecule is Cc1cc(NCCC(=O)NC(C)C)n2nc(-c3cccnc3)nc2n1. The molecule has 3 rings (SSSR count). The standard InChI is InChI=1S/C17H21N7O/c1-11(2)20-15(25)6-8-19-14-9-12(3)21-17-22-16(23-24(14)17)13-5-4-7-18-10-13/h4-5,7,9-11,19H,6,8H2,1-3H3,(H,20,25). The van der Waals surface area contributed by atoms with Crippen molar-refractivity contribution < 1.29 is 4.79 Å². The molecule has 130 valence electrons. The molecule has 1 amide bonds. The van der Waals surface area contributed by atoms with Crippen LogP contribution in [0.2, 0.25) is 0 Å². The predicted octanol–water partition coefficient (Wildman–Crippen LogP) is 1.82. The molecule has 0 fully saturated rings. The fourth-order valence-corrected chi connectivity index (χ4v) is 2.43. The summed E-state index contributed by atoms with van der Waals surface area (Å²) in [5, 5.41) is 10.6. The molecule has 0 aliphatic rings. The number of fused-ring (bicyclic) bond motifs is 1. The fraction of sp³-hybridized carbons (Fsp3) is 0.353. The number of aromatic nitrogens is 5. The summed E-state index contributed by atoms with van der Waals surface area (Å²) in [7, 11) is 0. The molecule has 0 aliphatic carbocycles. The Morgan fingerprint density at radius 2 is 2.16 bits per heavy atom. The Kier molecular flexibility index (Phi) is 4.87. The number of anilines is 1. The topological polar surface area (TPSA) is 97.1 Å². The normalized spacial score (nSPS) is 11.0. The first kappa shape index (κ1) is 16.8. The second-order valence-corrected chi connectivity index (χ2v) is 6.07. The van der Waals surface area contributed by atoms with Crippen LogP contribution in [0.4, 0.5) is 5.82 Å². The molecule has 25 heavy (non-hydrogen) atoms. The van der Waals surface area contributed by atoms with Gasteiger partial charge < -0.3 is 10.6 Å². The van der Waals surface area contributed by atoms with Gasteiger partial charge in [0, 0.05) is 48.7 Å². The van der Waals surface area contributed by atoms with E-state index in [0.29, 0.717) is 24.6 Å². The Labute approximate surface area is 145 Å². The van der Waals surface area contributed by atoms with Gasteiger partial charge in [0.25, 0.3) is 5.78 Å². The van der Waals surface area contributed by atoms with E-state index in [1.807, 2.05) is 39.0 Å². The molecule has 3 aromatic heterocycles. The lowest BCUT2D eigenvalue weighted by Gasteiger charge is -2.10. The van der Waals surface area contributed by atoms with Crippen LogP contribution < -0.4 is 10.6 Å². The molecule has 0 unspecified atom stereocenters. The zero-order chi connectivity index (χ0) is 17.8. The lowest BCUT2D eigenvalue weighted by Crippen LogP contribution is -2.31. The minimum absolute atomic E-state index is 0.0131. The van der Waals surface area contributed by atoms with Gasteiger partial charge in [-0.15, -0.1) is 5.10 Å². The molecular formula is C17H21N7O. The number of nitrogens with zero attached hydrogens (tertiary/aromatic N) is 5. The summed E-state index contributed by atoms with van der Waals surface area (Å²) >= 11 is 0. The molecule has 2 N–H and O–H groups in total. The second kappa shape index (κ2) is 7.25. The number of carbonyl (C=O) groups excluding carboxylic acids is 1. The van der Waals surface area contributed by atoms with E-state index in [1.54, 1.807) is 16.9 Å². The predicted molar refractivity (Wildman–Crippen MR) is 95.1 cm³/mol. The van der Waals surface area contributed by atoms with Crippen molar-refractivity contribution in [2.45, 2.75) is 33.2 Å². The molecule has 0 aliphatic heterocycles. The van der Waals surface area contributed by atoms with Gasteiger partial charge in [0.05, 0.1) is 0 Å². The van der Waals surface area contributed by atoms with E-state index in [1.165, 1.54) is 0 Å². The number of rotatable bonds is 6. The van der Waals surface area contributed by atoms with Crippen LogP contribution in [0.15, 0.2) is 30.6 Å². The Morgan fingerprint density at radius 1 is 1.32 bits per heavy atom. The number of aryl methyl sites for hydroxylation is 1. The van der Waals surface area contributed by atoms with Gasteiger partial charge >= 0.3 is 0 Å². The molecule has 8 heteroatoms. The van der Waals surface area contributed by atoms with Gasteiger partial charge in [0.1, 0.15) is 5.82 Å². The van der Waals surface area contributed by atoms with Crippen molar-refractivity contribution in [3.05, 3.63) is 36.3 Å². The van der Waals surface area contributed by atoms with Crippen molar-refractivity contribution in [1.29, 1.82) is 0 Å². The van der Waals surface area contributed by atoms with Crippen molar-refractivity contribution in [3.8, 4) is 11.4 Å². The van der Waals surface area contributed by atoms with Crippen LogP contribution in [0, 0.1) is 6.92 Å². The van der Waals surface area contributed by atoms with Gasteiger partial charge in [-0.1, -0.05) is 0 Å². The van der Waals surface area contributed by atoms with Crippen molar-refractivity contribution in [1.82, 2.24) is 29.9 Å². The minimum Gasteiger partial charge on any atom is -0.369 e. The third-order valence-electron chi connectivity index (χ3n) is 3.47. The van der Waals surface area contributed by atoms with Crippen LogP contribution in [0.5, 0.6) is 0 Å². The average molecular weight is 339 g/mol.